The fourth-order valence-electron chi connectivity index (χ4n) is 4.12. The summed E-state index contributed by atoms with van der Waals surface area (Å²) in [5, 5.41) is 0. The molecule has 0 aromatic carbocycles. The van der Waals surface area contributed by atoms with Gasteiger partial charge in [0.2, 0.25) is 0 Å². The van der Waals surface area contributed by atoms with Crippen LogP contribution in [0.2, 0.25) is 0 Å². The lowest BCUT2D eigenvalue weighted by Gasteiger charge is -2.42. The van der Waals surface area contributed by atoms with Crippen LogP contribution in [0.5, 0.6) is 0 Å². The van der Waals surface area contributed by atoms with Crippen molar-refractivity contribution in [2.45, 2.75) is 58.3 Å². The normalized spacial score (nSPS) is 29.7. The average molecular weight is 320 g/mol. The zero-order valence-electron chi connectivity index (χ0n) is 15.1. The first-order chi connectivity index (χ1) is 11.1. The molecule has 2 fully saturated rings. The second-order valence-electron chi connectivity index (χ2n) is 7.54. The molecule has 2 aliphatic rings. The van der Waals surface area contributed by atoms with Gasteiger partial charge < -0.3 is 9.30 Å². The minimum Gasteiger partial charge on any atom is -0.381 e. The Kier molecular flexibility index (Phi) is 5.39. The summed E-state index contributed by atoms with van der Waals surface area (Å²) in [5.41, 5.74) is 1.35. The van der Waals surface area contributed by atoms with Gasteiger partial charge in [-0.3, -0.25) is 9.80 Å². The molecule has 3 heterocycles. The Balaban J connectivity index is 1.66. The van der Waals surface area contributed by atoms with Crippen LogP contribution in [0, 0.1) is 5.92 Å². The van der Waals surface area contributed by atoms with Crippen molar-refractivity contribution in [2.24, 2.45) is 5.92 Å². The molecule has 0 aliphatic carbocycles. The van der Waals surface area contributed by atoms with E-state index in [0.717, 1.165) is 32.8 Å². The molecule has 2 saturated heterocycles. The van der Waals surface area contributed by atoms with Crippen molar-refractivity contribution >= 4 is 0 Å². The van der Waals surface area contributed by atoms with Crippen LogP contribution in [0.15, 0.2) is 12.5 Å². The van der Waals surface area contributed by atoms with Gasteiger partial charge in [0.25, 0.3) is 0 Å². The number of rotatable bonds is 4. The summed E-state index contributed by atoms with van der Waals surface area (Å²) in [6.45, 7) is 12.1. The Morgan fingerprint density at radius 2 is 1.87 bits per heavy atom. The molecule has 1 aromatic rings. The lowest BCUT2D eigenvalue weighted by atomic mass is 9.92. The Bertz CT molecular complexity index is 485. The van der Waals surface area contributed by atoms with Gasteiger partial charge in [0, 0.05) is 57.2 Å². The lowest BCUT2D eigenvalue weighted by molar-refractivity contribution is 0.0461. The molecular formula is C18H32N4O. The van der Waals surface area contributed by atoms with Crippen LogP contribution in [0.4, 0.5) is 0 Å². The first-order valence-corrected chi connectivity index (χ1v) is 9.09. The fraction of sp³-hybridized carbons (Fsp3) is 0.833. The highest BCUT2D eigenvalue weighted by Gasteiger charge is 2.28. The Labute approximate surface area is 140 Å². The molecule has 0 spiro atoms. The Hall–Kier alpha value is -0.910. The largest absolute Gasteiger partial charge is 0.381 e. The van der Waals surface area contributed by atoms with Gasteiger partial charge in [0.05, 0.1) is 12.0 Å². The molecule has 2 aliphatic heterocycles. The van der Waals surface area contributed by atoms with Gasteiger partial charge in [-0.15, -0.1) is 0 Å². The molecule has 3 rings (SSSR count). The topological polar surface area (TPSA) is 33.5 Å². The fourth-order valence-corrected chi connectivity index (χ4v) is 4.12. The van der Waals surface area contributed by atoms with E-state index in [0.29, 0.717) is 24.0 Å². The van der Waals surface area contributed by atoms with Crippen LogP contribution in [0.3, 0.4) is 0 Å². The van der Waals surface area contributed by atoms with Crippen molar-refractivity contribution < 1.29 is 4.74 Å². The monoisotopic (exact) mass is 320 g/mol. The van der Waals surface area contributed by atoms with Gasteiger partial charge in [0.1, 0.15) is 0 Å². The summed E-state index contributed by atoms with van der Waals surface area (Å²) in [4.78, 5) is 9.52. The third-order valence-corrected chi connectivity index (χ3v) is 5.95. The van der Waals surface area contributed by atoms with E-state index in [2.05, 4.69) is 53.4 Å². The molecule has 3 atom stereocenters. The molecule has 0 saturated carbocycles. The number of hydrogen-bond donors (Lipinski definition) is 0. The number of ether oxygens (including phenoxy) is 1. The third-order valence-electron chi connectivity index (χ3n) is 5.95. The van der Waals surface area contributed by atoms with E-state index in [1.54, 1.807) is 0 Å². The van der Waals surface area contributed by atoms with E-state index in [4.69, 9.17) is 4.74 Å². The Morgan fingerprint density at radius 1 is 1.22 bits per heavy atom. The zero-order chi connectivity index (χ0) is 16.4. The molecule has 5 nitrogen and oxygen atoms in total. The van der Waals surface area contributed by atoms with Crippen LogP contribution in [0.25, 0.3) is 0 Å². The summed E-state index contributed by atoms with van der Waals surface area (Å²) < 4.78 is 7.92. The molecule has 3 unspecified atom stereocenters. The predicted octanol–water partition coefficient (Wildman–Crippen LogP) is 2.40. The van der Waals surface area contributed by atoms with Crippen molar-refractivity contribution in [1.82, 2.24) is 19.4 Å². The smallest absolute Gasteiger partial charge is 0.0951 e. The quantitative estimate of drug-likeness (QED) is 0.853. The second-order valence-corrected chi connectivity index (χ2v) is 7.54. The van der Waals surface area contributed by atoms with Crippen molar-refractivity contribution in [3.8, 4) is 0 Å². The molecule has 1 aromatic heterocycles. The van der Waals surface area contributed by atoms with Crippen molar-refractivity contribution in [3.63, 3.8) is 0 Å². The molecule has 0 bridgehead atoms. The number of nitrogens with zero attached hydrogens (tertiary/aromatic N) is 4. The van der Waals surface area contributed by atoms with Gasteiger partial charge >= 0.3 is 0 Å². The van der Waals surface area contributed by atoms with Crippen molar-refractivity contribution in [2.75, 3.05) is 33.4 Å². The summed E-state index contributed by atoms with van der Waals surface area (Å²) in [5.74, 6) is 0.710. The minimum absolute atomic E-state index is 0.513. The summed E-state index contributed by atoms with van der Waals surface area (Å²) in [6.07, 6.45) is 6.42. The van der Waals surface area contributed by atoms with E-state index in [1.807, 2.05) is 6.33 Å². The minimum atomic E-state index is 0.513. The van der Waals surface area contributed by atoms with E-state index in [9.17, 15) is 0 Å². The molecule has 0 N–H and O–H groups in total. The van der Waals surface area contributed by atoms with Crippen LogP contribution in [-0.2, 0) is 11.3 Å². The maximum Gasteiger partial charge on any atom is 0.0951 e. The molecular weight excluding hydrogens is 288 g/mol. The van der Waals surface area contributed by atoms with Gasteiger partial charge in [-0.1, -0.05) is 0 Å². The van der Waals surface area contributed by atoms with Crippen molar-refractivity contribution in [3.05, 3.63) is 18.2 Å². The van der Waals surface area contributed by atoms with Crippen LogP contribution in [-0.4, -0.2) is 64.8 Å². The van der Waals surface area contributed by atoms with Gasteiger partial charge in [-0.2, -0.15) is 0 Å². The average Bonchev–Trinajstić information content (AvgIpc) is 3.00. The molecule has 23 heavy (non-hydrogen) atoms. The van der Waals surface area contributed by atoms with E-state index in [-0.39, 0.29) is 0 Å². The van der Waals surface area contributed by atoms with Crippen LogP contribution < -0.4 is 0 Å². The number of imidazole rings is 1. The first-order valence-electron chi connectivity index (χ1n) is 9.09. The summed E-state index contributed by atoms with van der Waals surface area (Å²) in [6, 6.07) is 1.74. The summed E-state index contributed by atoms with van der Waals surface area (Å²) >= 11 is 0. The lowest BCUT2D eigenvalue weighted by Crippen LogP contribution is -2.54. The second kappa shape index (κ2) is 7.32. The molecule has 0 amide bonds. The highest BCUT2D eigenvalue weighted by molar-refractivity contribution is 5.02. The number of hydrogen-bond acceptors (Lipinski definition) is 4. The van der Waals surface area contributed by atoms with E-state index in [1.165, 1.54) is 18.5 Å². The first kappa shape index (κ1) is 16.9. The third kappa shape index (κ3) is 3.78. The molecule has 0 radical (unpaired) electrons. The van der Waals surface area contributed by atoms with Gasteiger partial charge in [-0.05, 0) is 46.6 Å². The molecule has 5 heteroatoms. The Morgan fingerprint density at radius 3 is 2.52 bits per heavy atom. The van der Waals surface area contributed by atoms with Crippen LogP contribution >= 0.6 is 0 Å². The predicted molar refractivity (Wildman–Crippen MR) is 92.4 cm³/mol. The van der Waals surface area contributed by atoms with Gasteiger partial charge in [-0.25, -0.2) is 4.98 Å². The van der Waals surface area contributed by atoms with E-state index < -0.39 is 0 Å². The highest BCUT2D eigenvalue weighted by Crippen LogP contribution is 2.29. The van der Waals surface area contributed by atoms with Crippen molar-refractivity contribution in [1.29, 1.82) is 0 Å². The summed E-state index contributed by atoms with van der Waals surface area (Å²) in [7, 11) is 2.24. The number of likely N-dealkylation sites (N-methyl/N-ethyl adjacent to an activating group) is 1. The zero-order valence-corrected chi connectivity index (χ0v) is 15.1. The maximum absolute atomic E-state index is 5.51. The maximum atomic E-state index is 5.51. The molecule has 130 valence electrons. The number of aromatic nitrogens is 2. The highest BCUT2D eigenvalue weighted by atomic mass is 16.5. The number of piperazine rings is 1. The SMILES string of the molecule is CC1CN(Cc2cncn2C(C)C2CCOCC2)CC(C)N1C. The standard InChI is InChI=1S/C18H32N4O/c1-14-10-21(11-15(2)20(14)4)12-18-9-19-13-22(18)16(3)17-5-7-23-8-6-17/h9,13-17H,5-8,10-12H2,1-4H3. The van der Waals surface area contributed by atoms with Crippen LogP contribution in [0.1, 0.15) is 45.3 Å². The van der Waals surface area contributed by atoms with Gasteiger partial charge in [0.15, 0.2) is 0 Å². The van der Waals surface area contributed by atoms with E-state index >= 15 is 0 Å².